The van der Waals surface area contributed by atoms with Gasteiger partial charge in [0, 0.05) is 25.2 Å². The van der Waals surface area contributed by atoms with E-state index < -0.39 is 0 Å². The van der Waals surface area contributed by atoms with Gasteiger partial charge in [-0.2, -0.15) is 5.10 Å². The molecule has 0 saturated carbocycles. The second kappa shape index (κ2) is 6.08. The normalized spacial score (nSPS) is 11.0. The topological polar surface area (TPSA) is 56.3 Å². The fourth-order valence-corrected chi connectivity index (χ4v) is 2.45. The standard InChI is InChI=1S/C16H24N4O/c1-11(2)20-16(15(17)12(3)18-20)19(4)10-13-8-6-7-9-14(13)21-5/h6-9,11H,10,17H2,1-5H3. The van der Waals surface area contributed by atoms with E-state index in [4.69, 9.17) is 10.5 Å². The van der Waals surface area contributed by atoms with Gasteiger partial charge < -0.3 is 15.4 Å². The first-order valence-electron chi connectivity index (χ1n) is 7.13. The summed E-state index contributed by atoms with van der Waals surface area (Å²) in [7, 11) is 3.72. The van der Waals surface area contributed by atoms with E-state index in [0.717, 1.165) is 28.5 Å². The number of nitrogen functional groups attached to an aromatic ring is 1. The number of hydrogen-bond acceptors (Lipinski definition) is 4. The van der Waals surface area contributed by atoms with Crippen molar-refractivity contribution in [1.29, 1.82) is 0 Å². The molecule has 1 aromatic carbocycles. The molecule has 0 fully saturated rings. The number of aromatic nitrogens is 2. The third kappa shape index (κ3) is 2.96. The predicted octanol–water partition coefficient (Wildman–Crippen LogP) is 3.00. The zero-order valence-electron chi connectivity index (χ0n) is 13.4. The number of ether oxygens (including phenoxy) is 1. The van der Waals surface area contributed by atoms with Crippen LogP contribution in [0.3, 0.4) is 0 Å². The number of nitrogens with two attached hydrogens (primary N) is 1. The zero-order chi connectivity index (χ0) is 15.6. The van der Waals surface area contributed by atoms with Gasteiger partial charge in [-0.15, -0.1) is 0 Å². The number of aryl methyl sites for hydroxylation is 1. The van der Waals surface area contributed by atoms with Crippen LogP contribution in [0.2, 0.25) is 0 Å². The van der Waals surface area contributed by atoms with E-state index in [-0.39, 0.29) is 6.04 Å². The lowest BCUT2D eigenvalue weighted by molar-refractivity contribution is 0.409. The summed E-state index contributed by atoms with van der Waals surface area (Å²) in [6.45, 7) is 6.86. The fourth-order valence-electron chi connectivity index (χ4n) is 2.45. The lowest BCUT2D eigenvalue weighted by atomic mass is 10.2. The summed E-state index contributed by atoms with van der Waals surface area (Å²) in [5.41, 5.74) is 8.93. The molecule has 0 aliphatic carbocycles. The molecule has 1 heterocycles. The Bertz CT molecular complexity index is 619. The Morgan fingerprint density at radius 2 is 2.00 bits per heavy atom. The Hall–Kier alpha value is -2.17. The molecule has 2 N–H and O–H groups in total. The van der Waals surface area contributed by atoms with E-state index in [2.05, 4.69) is 29.9 Å². The van der Waals surface area contributed by atoms with Crippen molar-refractivity contribution in [2.45, 2.75) is 33.4 Å². The maximum Gasteiger partial charge on any atom is 0.150 e. The van der Waals surface area contributed by atoms with Crippen LogP contribution in [0.5, 0.6) is 5.75 Å². The molecule has 0 unspecified atom stereocenters. The van der Waals surface area contributed by atoms with Gasteiger partial charge in [0.05, 0.1) is 18.5 Å². The minimum absolute atomic E-state index is 0.260. The molecule has 0 radical (unpaired) electrons. The highest BCUT2D eigenvalue weighted by atomic mass is 16.5. The average molecular weight is 288 g/mol. The van der Waals surface area contributed by atoms with Crippen molar-refractivity contribution >= 4 is 11.5 Å². The Morgan fingerprint density at radius 3 is 2.62 bits per heavy atom. The van der Waals surface area contributed by atoms with Crippen LogP contribution >= 0.6 is 0 Å². The number of hydrogen-bond donors (Lipinski definition) is 1. The summed E-state index contributed by atoms with van der Waals surface area (Å²) in [5, 5.41) is 4.53. The number of methoxy groups -OCH3 is 1. The molecule has 0 spiro atoms. The van der Waals surface area contributed by atoms with Crippen LogP contribution in [0.1, 0.15) is 31.1 Å². The zero-order valence-corrected chi connectivity index (χ0v) is 13.4. The lowest BCUT2D eigenvalue weighted by Crippen LogP contribution is -2.22. The number of para-hydroxylation sites is 1. The Balaban J connectivity index is 2.34. The lowest BCUT2D eigenvalue weighted by Gasteiger charge is -2.23. The number of rotatable bonds is 5. The first-order chi connectivity index (χ1) is 9.95. The second-order valence-corrected chi connectivity index (χ2v) is 5.53. The number of nitrogens with zero attached hydrogens (tertiary/aromatic N) is 3. The highest BCUT2D eigenvalue weighted by Crippen LogP contribution is 2.30. The maximum atomic E-state index is 6.21. The quantitative estimate of drug-likeness (QED) is 0.919. The van der Waals surface area contributed by atoms with Crippen molar-refractivity contribution in [3.8, 4) is 5.75 Å². The van der Waals surface area contributed by atoms with Crippen LogP contribution in [0, 0.1) is 6.92 Å². The maximum absolute atomic E-state index is 6.21. The van der Waals surface area contributed by atoms with Crippen LogP contribution in [0.15, 0.2) is 24.3 Å². The van der Waals surface area contributed by atoms with E-state index in [1.165, 1.54) is 0 Å². The average Bonchev–Trinajstić information content (AvgIpc) is 2.76. The second-order valence-electron chi connectivity index (χ2n) is 5.53. The van der Waals surface area contributed by atoms with Crippen LogP contribution < -0.4 is 15.4 Å². The minimum atomic E-state index is 0.260. The molecule has 0 atom stereocenters. The van der Waals surface area contributed by atoms with E-state index >= 15 is 0 Å². The molecule has 114 valence electrons. The van der Waals surface area contributed by atoms with Crippen molar-refractivity contribution < 1.29 is 4.74 Å². The van der Waals surface area contributed by atoms with Crippen molar-refractivity contribution in [3.63, 3.8) is 0 Å². The third-order valence-corrected chi connectivity index (χ3v) is 3.56. The van der Waals surface area contributed by atoms with Crippen molar-refractivity contribution in [2.75, 3.05) is 24.8 Å². The van der Waals surface area contributed by atoms with Gasteiger partial charge in [-0.25, -0.2) is 4.68 Å². The molecule has 0 aliphatic heterocycles. The molecule has 1 aromatic heterocycles. The van der Waals surface area contributed by atoms with Gasteiger partial charge in [0.15, 0.2) is 5.82 Å². The van der Waals surface area contributed by atoms with E-state index in [9.17, 15) is 0 Å². The molecule has 0 bridgehead atoms. The van der Waals surface area contributed by atoms with Crippen molar-refractivity contribution in [2.24, 2.45) is 0 Å². The van der Waals surface area contributed by atoms with Gasteiger partial charge in [-0.1, -0.05) is 18.2 Å². The molecule has 2 aromatic rings. The Kier molecular flexibility index (Phi) is 4.40. The Labute approximate surface area is 126 Å². The number of anilines is 2. The van der Waals surface area contributed by atoms with Crippen LogP contribution in [0.4, 0.5) is 11.5 Å². The first-order valence-corrected chi connectivity index (χ1v) is 7.13. The molecule has 0 amide bonds. The molecule has 0 saturated heterocycles. The molecule has 5 nitrogen and oxygen atoms in total. The van der Waals surface area contributed by atoms with Crippen molar-refractivity contribution in [1.82, 2.24) is 9.78 Å². The molecule has 5 heteroatoms. The molecule has 21 heavy (non-hydrogen) atoms. The Morgan fingerprint density at radius 1 is 1.33 bits per heavy atom. The van der Waals surface area contributed by atoms with Gasteiger partial charge in [0.1, 0.15) is 5.75 Å². The van der Waals surface area contributed by atoms with E-state index in [1.807, 2.05) is 36.9 Å². The largest absolute Gasteiger partial charge is 0.496 e. The molecular formula is C16H24N4O. The number of benzene rings is 1. The molecule has 0 aliphatic rings. The van der Waals surface area contributed by atoms with Gasteiger partial charge in [-0.05, 0) is 26.8 Å². The van der Waals surface area contributed by atoms with Crippen molar-refractivity contribution in [3.05, 3.63) is 35.5 Å². The fraction of sp³-hybridized carbons (Fsp3) is 0.438. The predicted molar refractivity (Wildman–Crippen MR) is 86.9 cm³/mol. The van der Waals surface area contributed by atoms with Gasteiger partial charge in [0.2, 0.25) is 0 Å². The highest BCUT2D eigenvalue weighted by molar-refractivity contribution is 5.66. The minimum Gasteiger partial charge on any atom is -0.496 e. The first kappa shape index (κ1) is 15.2. The third-order valence-electron chi connectivity index (χ3n) is 3.56. The van der Waals surface area contributed by atoms with E-state index in [0.29, 0.717) is 6.54 Å². The molecule has 2 rings (SSSR count). The summed E-state index contributed by atoms with van der Waals surface area (Å²) < 4.78 is 7.39. The summed E-state index contributed by atoms with van der Waals surface area (Å²) in [5.74, 6) is 1.84. The van der Waals surface area contributed by atoms with Crippen LogP contribution in [-0.2, 0) is 6.54 Å². The van der Waals surface area contributed by atoms with Crippen LogP contribution in [-0.4, -0.2) is 23.9 Å². The van der Waals surface area contributed by atoms with E-state index in [1.54, 1.807) is 7.11 Å². The van der Waals surface area contributed by atoms with Gasteiger partial charge >= 0.3 is 0 Å². The van der Waals surface area contributed by atoms with Gasteiger partial charge in [0.25, 0.3) is 0 Å². The molecular weight excluding hydrogens is 264 g/mol. The highest BCUT2D eigenvalue weighted by Gasteiger charge is 2.19. The van der Waals surface area contributed by atoms with Gasteiger partial charge in [-0.3, -0.25) is 0 Å². The summed E-state index contributed by atoms with van der Waals surface area (Å²) in [6.07, 6.45) is 0. The smallest absolute Gasteiger partial charge is 0.150 e. The van der Waals surface area contributed by atoms with Crippen LogP contribution in [0.25, 0.3) is 0 Å². The SMILES string of the molecule is COc1ccccc1CN(C)c1c(N)c(C)nn1C(C)C. The summed E-state index contributed by atoms with van der Waals surface area (Å²) in [6, 6.07) is 8.28. The monoisotopic (exact) mass is 288 g/mol. The summed E-state index contributed by atoms with van der Waals surface area (Å²) in [4.78, 5) is 2.12. The summed E-state index contributed by atoms with van der Waals surface area (Å²) >= 11 is 0.